The number of aliphatic hydroxyl groups excluding tert-OH is 1. The van der Waals surface area contributed by atoms with Crippen molar-refractivity contribution < 1.29 is 14.7 Å². The summed E-state index contributed by atoms with van der Waals surface area (Å²) in [5.74, 6) is -0.574. The number of amides is 2. The Kier molecular flexibility index (Phi) is 6.64. The summed E-state index contributed by atoms with van der Waals surface area (Å²) in [5, 5.41) is 14.3. The molecule has 6 heteroatoms. The molecule has 0 fully saturated rings. The van der Waals surface area contributed by atoms with Gasteiger partial charge in [-0.15, -0.1) is 0 Å². The van der Waals surface area contributed by atoms with E-state index in [1.807, 2.05) is 13.8 Å². The summed E-state index contributed by atoms with van der Waals surface area (Å²) in [6.45, 7) is 4.65. The van der Waals surface area contributed by atoms with E-state index >= 15 is 0 Å². The molecule has 0 aromatic carbocycles. The number of rotatable bonds is 7. The van der Waals surface area contributed by atoms with Crippen LogP contribution in [-0.4, -0.2) is 42.7 Å². The highest BCUT2D eigenvalue weighted by molar-refractivity contribution is 5.79. The molecule has 0 saturated carbocycles. The zero-order chi connectivity index (χ0) is 11.8. The molecule has 0 radical (unpaired) electrons. The molecular weight excluding hydrogens is 198 g/mol. The van der Waals surface area contributed by atoms with Gasteiger partial charge in [0.1, 0.15) is 6.10 Å². The maximum atomic E-state index is 11.1. The second-order valence-corrected chi connectivity index (χ2v) is 3.75. The van der Waals surface area contributed by atoms with Crippen molar-refractivity contribution in [3.63, 3.8) is 0 Å². The molecule has 0 heterocycles. The van der Waals surface area contributed by atoms with Gasteiger partial charge in [-0.3, -0.25) is 9.59 Å². The van der Waals surface area contributed by atoms with Crippen LogP contribution in [0.1, 0.15) is 13.8 Å². The Balaban J connectivity index is 3.51. The van der Waals surface area contributed by atoms with E-state index < -0.39 is 12.0 Å². The van der Waals surface area contributed by atoms with Crippen LogP contribution in [0.2, 0.25) is 0 Å². The molecule has 0 rings (SSSR count). The van der Waals surface area contributed by atoms with E-state index in [2.05, 4.69) is 10.6 Å². The maximum absolute atomic E-state index is 11.1. The van der Waals surface area contributed by atoms with Gasteiger partial charge < -0.3 is 21.5 Å². The van der Waals surface area contributed by atoms with Gasteiger partial charge in [-0.2, -0.15) is 0 Å². The lowest BCUT2D eigenvalue weighted by Gasteiger charge is -2.10. The first-order chi connectivity index (χ1) is 6.93. The number of nitrogens with one attached hydrogen (secondary N) is 2. The minimum Gasteiger partial charge on any atom is -0.382 e. The van der Waals surface area contributed by atoms with Crippen molar-refractivity contribution in [3.8, 4) is 0 Å². The molecule has 5 N–H and O–H groups in total. The van der Waals surface area contributed by atoms with Crippen molar-refractivity contribution in [2.24, 2.45) is 11.7 Å². The lowest BCUT2D eigenvalue weighted by Crippen LogP contribution is -2.42. The summed E-state index contributed by atoms with van der Waals surface area (Å²) >= 11 is 0. The fourth-order valence-corrected chi connectivity index (χ4v) is 0.803. The zero-order valence-corrected chi connectivity index (χ0v) is 9.12. The smallest absolute Gasteiger partial charge is 0.247 e. The Morgan fingerprint density at radius 1 is 1.33 bits per heavy atom. The van der Waals surface area contributed by atoms with Gasteiger partial charge in [0, 0.05) is 13.1 Å². The third-order valence-corrected chi connectivity index (χ3v) is 1.66. The van der Waals surface area contributed by atoms with Gasteiger partial charge in [0.25, 0.3) is 0 Å². The van der Waals surface area contributed by atoms with E-state index in [0.717, 1.165) is 0 Å². The number of primary amides is 1. The monoisotopic (exact) mass is 217 g/mol. The molecule has 0 aromatic heterocycles. The first-order valence-electron chi connectivity index (χ1n) is 4.88. The van der Waals surface area contributed by atoms with Crippen LogP contribution < -0.4 is 16.4 Å². The van der Waals surface area contributed by atoms with Gasteiger partial charge in [0.2, 0.25) is 11.8 Å². The first kappa shape index (κ1) is 13.9. The minimum atomic E-state index is -1.25. The topological polar surface area (TPSA) is 104 Å². The molecule has 0 saturated heterocycles. The van der Waals surface area contributed by atoms with Crippen LogP contribution in [-0.2, 0) is 9.59 Å². The predicted octanol–water partition coefficient (Wildman–Crippen LogP) is -1.81. The van der Waals surface area contributed by atoms with Crippen LogP contribution in [0.25, 0.3) is 0 Å². The van der Waals surface area contributed by atoms with Crippen LogP contribution in [0.15, 0.2) is 0 Å². The van der Waals surface area contributed by atoms with Gasteiger partial charge in [-0.1, -0.05) is 13.8 Å². The molecular formula is C9H19N3O3. The normalized spacial score (nSPS) is 12.5. The second kappa shape index (κ2) is 7.19. The van der Waals surface area contributed by atoms with E-state index in [1.165, 1.54) is 0 Å². The summed E-state index contributed by atoms with van der Waals surface area (Å²) in [6, 6.07) is 0. The number of carbonyl (C=O) groups is 2. The van der Waals surface area contributed by atoms with E-state index in [4.69, 9.17) is 10.8 Å². The summed E-state index contributed by atoms with van der Waals surface area (Å²) in [5.41, 5.74) is 4.82. The van der Waals surface area contributed by atoms with Gasteiger partial charge in [0.05, 0.1) is 6.54 Å². The van der Waals surface area contributed by atoms with Crippen molar-refractivity contribution in [3.05, 3.63) is 0 Å². The lowest BCUT2D eigenvalue weighted by molar-refractivity contribution is -0.126. The van der Waals surface area contributed by atoms with Crippen LogP contribution in [0.4, 0.5) is 0 Å². The number of nitrogens with two attached hydrogens (primary N) is 1. The fraction of sp³-hybridized carbons (Fsp3) is 0.778. The van der Waals surface area contributed by atoms with Gasteiger partial charge in [0.15, 0.2) is 0 Å². The summed E-state index contributed by atoms with van der Waals surface area (Å²) < 4.78 is 0. The highest BCUT2D eigenvalue weighted by atomic mass is 16.3. The lowest BCUT2D eigenvalue weighted by atomic mass is 10.2. The molecule has 1 unspecified atom stereocenters. The Hall–Kier alpha value is -1.14. The van der Waals surface area contributed by atoms with Crippen molar-refractivity contribution in [2.45, 2.75) is 20.0 Å². The maximum Gasteiger partial charge on any atom is 0.247 e. The minimum absolute atomic E-state index is 0.00949. The highest BCUT2D eigenvalue weighted by Crippen LogP contribution is 1.86. The molecule has 0 aromatic rings. The highest BCUT2D eigenvalue weighted by Gasteiger charge is 2.10. The molecule has 6 nitrogen and oxygen atoms in total. The van der Waals surface area contributed by atoms with Crippen LogP contribution in [0, 0.1) is 5.92 Å². The van der Waals surface area contributed by atoms with Gasteiger partial charge >= 0.3 is 0 Å². The molecule has 0 bridgehead atoms. The van der Waals surface area contributed by atoms with Crippen LogP contribution in [0.3, 0.4) is 0 Å². The third kappa shape index (κ3) is 7.90. The Morgan fingerprint density at radius 3 is 2.40 bits per heavy atom. The van der Waals surface area contributed by atoms with E-state index in [-0.39, 0.29) is 19.0 Å². The average molecular weight is 217 g/mol. The van der Waals surface area contributed by atoms with Gasteiger partial charge in [-0.05, 0) is 5.92 Å². The van der Waals surface area contributed by atoms with E-state index in [9.17, 15) is 9.59 Å². The number of hydrogen-bond acceptors (Lipinski definition) is 4. The Morgan fingerprint density at radius 2 is 1.93 bits per heavy atom. The van der Waals surface area contributed by atoms with Crippen molar-refractivity contribution >= 4 is 11.8 Å². The molecule has 0 spiro atoms. The summed E-state index contributed by atoms with van der Waals surface area (Å²) in [6.07, 6.45) is -1.25. The third-order valence-electron chi connectivity index (χ3n) is 1.66. The molecule has 88 valence electrons. The predicted molar refractivity (Wildman–Crippen MR) is 55.9 cm³/mol. The fourth-order valence-electron chi connectivity index (χ4n) is 0.803. The SMILES string of the molecule is CC(C)CNC(=O)CNCC(O)C(N)=O. The van der Waals surface area contributed by atoms with Gasteiger partial charge in [-0.25, -0.2) is 0 Å². The molecule has 2 amide bonds. The summed E-state index contributed by atoms with van der Waals surface area (Å²) in [7, 11) is 0. The first-order valence-corrected chi connectivity index (χ1v) is 4.88. The number of carbonyl (C=O) groups excluding carboxylic acids is 2. The van der Waals surface area contributed by atoms with Crippen molar-refractivity contribution in [1.29, 1.82) is 0 Å². The Bertz CT molecular complexity index is 219. The van der Waals surface area contributed by atoms with E-state index in [1.54, 1.807) is 0 Å². The number of hydrogen-bond donors (Lipinski definition) is 4. The largest absolute Gasteiger partial charge is 0.382 e. The molecule has 0 aliphatic heterocycles. The van der Waals surface area contributed by atoms with Crippen LogP contribution in [0.5, 0.6) is 0 Å². The second-order valence-electron chi connectivity index (χ2n) is 3.75. The molecule has 0 aliphatic rings. The average Bonchev–Trinajstić information content (AvgIpc) is 2.14. The van der Waals surface area contributed by atoms with E-state index in [0.29, 0.717) is 12.5 Å². The van der Waals surface area contributed by atoms with Crippen LogP contribution >= 0.6 is 0 Å². The zero-order valence-electron chi connectivity index (χ0n) is 9.12. The molecule has 15 heavy (non-hydrogen) atoms. The summed E-state index contributed by atoms with van der Waals surface area (Å²) in [4.78, 5) is 21.5. The standard InChI is InChI=1S/C9H19N3O3/c1-6(2)3-12-8(14)5-11-4-7(13)9(10)15/h6-7,11,13H,3-5H2,1-2H3,(H2,10,15)(H,12,14). The Labute approximate surface area is 89.2 Å². The molecule has 1 atom stereocenters. The van der Waals surface area contributed by atoms with Crippen molar-refractivity contribution in [1.82, 2.24) is 10.6 Å². The molecule has 0 aliphatic carbocycles. The van der Waals surface area contributed by atoms with Crippen molar-refractivity contribution in [2.75, 3.05) is 19.6 Å². The quantitative estimate of drug-likeness (QED) is 0.403. The number of aliphatic hydroxyl groups is 1.